The highest BCUT2D eigenvalue weighted by molar-refractivity contribution is 5.70. The van der Waals surface area contributed by atoms with E-state index in [0.29, 0.717) is 12.8 Å². The Labute approximate surface area is 370 Å². The molecule has 2 unspecified atom stereocenters. The number of aliphatic carboxylic acids is 1. The average molecular weight is 846 g/mol. The van der Waals surface area contributed by atoms with Crippen molar-refractivity contribution in [1.82, 2.24) is 0 Å². The van der Waals surface area contributed by atoms with Crippen molar-refractivity contribution in [1.29, 1.82) is 0 Å². The number of esters is 2. The smallest absolute Gasteiger partial charge is 0.306 e. The van der Waals surface area contributed by atoms with Gasteiger partial charge in [0.2, 0.25) is 0 Å². The number of ether oxygens (including phenoxy) is 3. The highest BCUT2D eigenvalue weighted by Gasteiger charge is 2.25. The molecular formula is C52H95NO7. The van der Waals surface area contributed by atoms with Crippen molar-refractivity contribution in [2.24, 2.45) is 0 Å². The number of quaternary nitrogens is 1. The molecule has 0 rings (SSSR count). The molecule has 0 radical (unpaired) electrons. The van der Waals surface area contributed by atoms with Crippen molar-refractivity contribution < 1.29 is 38.2 Å². The number of carbonyl (C=O) groups is 3. The molecule has 350 valence electrons. The molecule has 0 saturated heterocycles. The van der Waals surface area contributed by atoms with Gasteiger partial charge < -0.3 is 28.6 Å². The lowest BCUT2D eigenvalue weighted by Gasteiger charge is -2.34. The molecule has 8 nitrogen and oxygen atoms in total. The van der Waals surface area contributed by atoms with E-state index in [1.54, 1.807) is 21.1 Å². The van der Waals surface area contributed by atoms with Crippen molar-refractivity contribution in [2.45, 2.75) is 238 Å². The zero-order valence-electron chi connectivity index (χ0n) is 39.9. The summed E-state index contributed by atoms with van der Waals surface area (Å²) in [4.78, 5) is 37.0. The third-order valence-electron chi connectivity index (χ3n) is 11.3. The largest absolute Gasteiger partial charge is 0.544 e. The molecule has 0 saturated carbocycles. The van der Waals surface area contributed by atoms with E-state index in [-0.39, 0.29) is 42.7 Å². The molecule has 2 atom stereocenters. The van der Waals surface area contributed by atoms with Crippen LogP contribution in [0.15, 0.2) is 36.5 Å². The van der Waals surface area contributed by atoms with Gasteiger partial charge in [0, 0.05) is 19.3 Å². The standard InChI is InChI=1S/C52H95NO7/c1-6-8-10-12-14-16-18-20-22-23-24-25-26-27-29-30-32-34-36-38-40-42-50(54)59-47-48(46-58-45-44-49(52(56)57)53(3,4)5)60-51(55)43-41-39-37-35-33-31-28-21-19-17-15-13-11-9-7-2/h15,17,19,21,25-26,48-49H,6-14,16,18,20,22-24,27-47H2,1-5H3/b17-15+,21-19+,26-25+. The Balaban J connectivity index is 4.25. The molecule has 0 aliphatic carbocycles. The first kappa shape index (κ1) is 57.5. The van der Waals surface area contributed by atoms with Crippen LogP contribution < -0.4 is 5.11 Å². The van der Waals surface area contributed by atoms with Crippen LogP contribution in [0.5, 0.6) is 0 Å². The van der Waals surface area contributed by atoms with E-state index in [0.717, 1.165) is 57.8 Å². The minimum atomic E-state index is -1.13. The van der Waals surface area contributed by atoms with E-state index >= 15 is 0 Å². The summed E-state index contributed by atoms with van der Waals surface area (Å²) >= 11 is 0. The Morgan fingerprint density at radius 3 is 1.33 bits per heavy atom. The second-order valence-electron chi connectivity index (χ2n) is 18.1. The third-order valence-corrected chi connectivity index (χ3v) is 11.3. The van der Waals surface area contributed by atoms with Crippen LogP contribution in [0.2, 0.25) is 0 Å². The predicted molar refractivity (Wildman–Crippen MR) is 250 cm³/mol. The topological polar surface area (TPSA) is 102 Å². The highest BCUT2D eigenvalue weighted by atomic mass is 16.6. The molecule has 0 aromatic heterocycles. The average Bonchev–Trinajstić information content (AvgIpc) is 3.21. The zero-order valence-corrected chi connectivity index (χ0v) is 39.9. The molecule has 0 aliphatic heterocycles. The molecule has 0 amide bonds. The quantitative estimate of drug-likeness (QED) is 0.0198. The molecule has 0 spiro atoms. The maximum absolute atomic E-state index is 12.7. The number of nitrogens with zero attached hydrogens (tertiary/aromatic N) is 1. The monoisotopic (exact) mass is 846 g/mol. The Hall–Kier alpha value is -2.45. The second kappa shape index (κ2) is 43.2. The summed E-state index contributed by atoms with van der Waals surface area (Å²) in [6.07, 6.45) is 50.3. The summed E-state index contributed by atoms with van der Waals surface area (Å²) in [5, 5.41) is 11.6. The molecule has 8 heteroatoms. The van der Waals surface area contributed by atoms with Gasteiger partial charge in [-0.05, 0) is 64.2 Å². The number of carboxylic acid groups (broad SMARTS) is 1. The third kappa shape index (κ3) is 40.9. The molecule has 0 bridgehead atoms. The van der Waals surface area contributed by atoms with Crippen molar-refractivity contribution in [3.63, 3.8) is 0 Å². The number of carbonyl (C=O) groups excluding carboxylic acids is 3. The number of hydrogen-bond donors (Lipinski definition) is 0. The number of allylic oxidation sites excluding steroid dienone is 6. The fourth-order valence-corrected chi connectivity index (χ4v) is 7.35. The maximum atomic E-state index is 12.7. The fourth-order valence-electron chi connectivity index (χ4n) is 7.35. The summed E-state index contributed by atoms with van der Waals surface area (Å²) in [5.74, 6) is -1.75. The minimum absolute atomic E-state index is 0.0359. The van der Waals surface area contributed by atoms with Crippen LogP contribution in [-0.2, 0) is 28.6 Å². The summed E-state index contributed by atoms with van der Waals surface area (Å²) in [6, 6.07) is -0.728. The van der Waals surface area contributed by atoms with Crippen LogP contribution in [0, 0.1) is 0 Å². The molecule has 0 aromatic rings. The number of likely N-dealkylation sites (N-methyl/N-ethyl adjacent to an activating group) is 1. The van der Waals surface area contributed by atoms with Crippen molar-refractivity contribution in [2.75, 3.05) is 41.0 Å². The van der Waals surface area contributed by atoms with Gasteiger partial charge in [0.15, 0.2) is 6.10 Å². The Bertz CT molecular complexity index is 1080. The van der Waals surface area contributed by atoms with Crippen LogP contribution >= 0.6 is 0 Å². The molecule has 0 aromatic carbocycles. The Morgan fingerprint density at radius 2 is 0.883 bits per heavy atom. The Kier molecular flexibility index (Phi) is 41.4. The highest BCUT2D eigenvalue weighted by Crippen LogP contribution is 2.15. The lowest BCUT2D eigenvalue weighted by molar-refractivity contribution is -0.889. The second-order valence-corrected chi connectivity index (χ2v) is 18.1. The molecule has 0 N–H and O–H groups in total. The van der Waals surface area contributed by atoms with E-state index in [1.165, 1.54) is 135 Å². The normalized spacial score (nSPS) is 13.2. The van der Waals surface area contributed by atoms with Crippen molar-refractivity contribution in [3.05, 3.63) is 36.5 Å². The van der Waals surface area contributed by atoms with E-state index < -0.39 is 18.1 Å². The van der Waals surface area contributed by atoms with E-state index in [1.807, 2.05) is 0 Å². The fraction of sp³-hybridized carbons (Fsp3) is 0.827. The molecule has 0 fully saturated rings. The number of carboxylic acids is 1. The van der Waals surface area contributed by atoms with Crippen LogP contribution in [-0.4, -0.2) is 75.5 Å². The molecule has 60 heavy (non-hydrogen) atoms. The van der Waals surface area contributed by atoms with E-state index in [4.69, 9.17) is 14.2 Å². The van der Waals surface area contributed by atoms with Gasteiger partial charge in [-0.25, -0.2) is 0 Å². The number of hydrogen-bond acceptors (Lipinski definition) is 7. The van der Waals surface area contributed by atoms with Crippen LogP contribution in [0.3, 0.4) is 0 Å². The Morgan fingerprint density at radius 1 is 0.500 bits per heavy atom. The van der Waals surface area contributed by atoms with Gasteiger partial charge in [0.1, 0.15) is 12.6 Å². The van der Waals surface area contributed by atoms with Gasteiger partial charge in [-0.1, -0.05) is 179 Å². The van der Waals surface area contributed by atoms with Gasteiger partial charge in [0.25, 0.3) is 0 Å². The van der Waals surface area contributed by atoms with Crippen molar-refractivity contribution >= 4 is 17.9 Å². The molecular weight excluding hydrogens is 751 g/mol. The first-order valence-electron chi connectivity index (χ1n) is 25.0. The van der Waals surface area contributed by atoms with Gasteiger partial charge in [0.05, 0.1) is 40.3 Å². The molecule has 0 aliphatic rings. The van der Waals surface area contributed by atoms with Gasteiger partial charge in [-0.3, -0.25) is 9.59 Å². The van der Waals surface area contributed by atoms with Crippen LogP contribution in [0.25, 0.3) is 0 Å². The minimum Gasteiger partial charge on any atom is -0.544 e. The van der Waals surface area contributed by atoms with Crippen LogP contribution in [0.4, 0.5) is 0 Å². The number of unbranched alkanes of at least 4 members (excludes halogenated alkanes) is 26. The first-order valence-corrected chi connectivity index (χ1v) is 25.0. The summed E-state index contributed by atoms with van der Waals surface area (Å²) < 4.78 is 17.2. The van der Waals surface area contributed by atoms with E-state index in [2.05, 4.69) is 50.3 Å². The van der Waals surface area contributed by atoms with E-state index in [9.17, 15) is 19.5 Å². The SMILES string of the molecule is CCCCC/C=C/C=C/CCCCCCCCC(=O)OC(COCCC(C(=O)[O-])[N+](C)(C)C)COC(=O)CCCCCCCCC/C=C/CCCCCCCCCCCC. The first-order chi connectivity index (χ1) is 29.1. The maximum Gasteiger partial charge on any atom is 0.306 e. The van der Waals surface area contributed by atoms with Crippen molar-refractivity contribution in [3.8, 4) is 0 Å². The summed E-state index contributed by atoms with van der Waals surface area (Å²) in [5.41, 5.74) is 0. The summed E-state index contributed by atoms with van der Waals surface area (Å²) in [6.45, 7) is 4.64. The van der Waals surface area contributed by atoms with Gasteiger partial charge in [-0.2, -0.15) is 0 Å². The molecule has 0 heterocycles. The predicted octanol–water partition coefficient (Wildman–Crippen LogP) is 12.9. The number of rotatable bonds is 45. The van der Waals surface area contributed by atoms with Gasteiger partial charge in [-0.15, -0.1) is 0 Å². The van der Waals surface area contributed by atoms with Crippen LogP contribution in [0.1, 0.15) is 226 Å². The van der Waals surface area contributed by atoms with Gasteiger partial charge >= 0.3 is 11.9 Å². The summed E-state index contributed by atoms with van der Waals surface area (Å²) in [7, 11) is 5.41. The lowest BCUT2D eigenvalue weighted by Crippen LogP contribution is -2.55. The zero-order chi connectivity index (χ0) is 44.2. The lowest BCUT2D eigenvalue weighted by atomic mass is 10.1.